The van der Waals surface area contributed by atoms with Crippen LogP contribution < -0.4 is 5.73 Å². The molecule has 1 aliphatic carbocycles. The zero-order chi connectivity index (χ0) is 13.3. The molecule has 18 heavy (non-hydrogen) atoms. The summed E-state index contributed by atoms with van der Waals surface area (Å²) >= 11 is 3.90. The number of halogens is 2. The monoisotopic (exact) mass is 383 g/mol. The normalized spacial score (nSPS) is 37.1. The molecule has 0 spiro atoms. The summed E-state index contributed by atoms with van der Waals surface area (Å²) in [7, 11) is 0. The van der Waals surface area contributed by atoms with Crippen LogP contribution in [0.3, 0.4) is 0 Å². The highest BCUT2D eigenvalue weighted by atomic mass is 127. The summed E-state index contributed by atoms with van der Waals surface area (Å²) in [5.74, 6) is 0.348. The number of alkyl halides is 1. The molecule has 0 aromatic heterocycles. The molecule has 102 valence electrons. The van der Waals surface area contributed by atoms with E-state index in [1.807, 2.05) is 0 Å². The first kappa shape index (κ1) is 14.8. The lowest BCUT2D eigenvalue weighted by Crippen LogP contribution is -2.34. The van der Waals surface area contributed by atoms with Gasteiger partial charge in [0, 0.05) is 22.8 Å². The SMILES string of the molecule is CC(=O)C1=C(I)S[C@@H]([C@H]2CC[C@@H](N)CC2)C1CF. The van der Waals surface area contributed by atoms with Crippen molar-refractivity contribution < 1.29 is 9.18 Å². The fourth-order valence-corrected chi connectivity index (χ4v) is 6.20. The second kappa shape index (κ2) is 6.22. The molecule has 5 heteroatoms. The van der Waals surface area contributed by atoms with E-state index in [-0.39, 0.29) is 17.0 Å². The third-order valence-electron chi connectivity index (χ3n) is 4.05. The number of Topliss-reactive ketones (excluding diaryl/α,β-unsaturated/α-hetero) is 1. The van der Waals surface area contributed by atoms with E-state index >= 15 is 0 Å². The van der Waals surface area contributed by atoms with Gasteiger partial charge in [-0.1, -0.05) is 0 Å². The molecule has 2 N–H and O–H groups in total. The Kier molecular flexibility index (Phi) is 5.11. The summed E-state index contributed by atoms with van der Waals surface area (Å²) in [5, 5.41) is 0.244. The van der Waals surface area contributed by atoms with Gasteiger partial charge in [-0.2, -0.15) is 0 Å². The molecule has 2 aliphatic rings. The van der Waals surface area contributed by atoms with Crippen LogP contribution in [0.25, 0.3) is 0 Å². The van der Waals surface area contributed by atoms with Crippen molar-refractivity contribution in [1.82, 2.24) is 0 Å². The maximum Gasteiger partial charge on any atom is 0.157 e. The Morgan fingerprint density at radius 3 is 2.56 bits per heavy atom. The summed E-state index contributed by atoms with van der Waals surface area (Å²) in [4.78, 5) is 11.6. The molecule has 0 aromatic carbocycles. The lowest BCUT2D eigenvalue weighted by atomic mass is 9.79. The largest absolute Gasteiger partial charge is 0.328 e. The van der Waals surface area contributed by atoms with E-state index in [2.05, 4.69) is 22.6 Å². The van der Waals surface area contributed by atoms with E-state index in [4.69, 9.17) is 5.73 Å². The molecule has 0 aromatic rings. The van der Waals surface area contributed by atoms with Crippen molar-refractivity contribution in [3.05, 3.63) is 8.48 Å². The van der Waals surface area contributed by atoms with Crippen LogP contribution in [-0.2, 0) is 4.79 Å². The van der Waals surface area contributed by atoms with Crippen LogP contribution in [0, 0.1) is 11.8 Å². The Labute approximate surface area is 125 Å². The standard InChI is InChI=1S/C13H19FINOS/c1-7(17)11-10(6-14)12(18-13(11)15)8-2-4-9(16)5-3-8/h8-10,12H,2-6,16H2,1H3/t8-,9+,10?,12-/m0/s1. The summed E-state index contributed by atoms with van der Waals surface area (Å²) in [6, 6.07) is 0.316. The minimum absolute atomic E-state index is 0.0320. The van der Waals surface area contributed by atoms with Crippen molar-refractivity contribution in [2.24, 2.45) is 17.6 Å². The van der Waals surface area contributed by atoms with Gasteiger partial charge >= 0.3 is 0 Å². The minimum Gasteiger partial charge on any atom is -0.328 e. The maximum absolute atomic E-state index is 13.3. The van der Waals surface area contributed by atoms with Gasteiger partial charge in [0.2, 0.25) is 0 Å². The van der Waals surface area contributed by atoms with Gasteiger partial charge in [-0.3, -0.25) is 9.18 Å². The topological polar surface area (TPSA) is 43.1 Å². The van der Waals surface area contributed by atoms with Gasteiger partial charge in [0.15, 0.2) is 5.78 Å². The third kappa shape index (κ3) is 2.93. The van der Waals surface area contributed by atoms with Gasteiger partial charge < -0.3 is 5.73 Å². The predicted octanol–water partition coefficient (Wildman–Crippen LogP) is 3.44. The number of hydrogen-bond donors (Lipinski definition) is 1. The lowest BCUT2D eigenvalue weighted by molar-refractivity contribution is -0.114. The number of carbonyl (C=O) groups excluding carboxylic acids is 1. The first-order chi connectivity index (χ1) is 8.54. The quantitative estimate of drug-likeness (QED) is 0.760. The van der Waals surface area contributed by atoms with Crippen molar-refractivity contribution >= 4 is 40.1 Å². The molecular weight excluding hydrogens is 364 g/mol. The van der Waals surface area contributed by atoms with Crippen molar-refractivity contribution in [3.63, 3.8) is 0 Å². The average Bonchev–Trinajstić information content (AvgIpc) is 2.67. The average molecular weight is 383 g/mol. The zero-order valence-corrected chi connectivity index (χ0v) is 13.5. The fourth-order valence-electron chi connectivity index (χ4n) is 3.04. The number of nitrogens with two attached hydrogens (primary N) is 1. The minimum atomic E-state index is -0.415. The van der Waals surface area contributed by atoms with Crippen LogP contribution >= 0.6 is 34.4 Å². The molecule has 1 saturated carbocycles. The van der Waals surface area contributed by atoms with Crippen molar-refractivity contribution in [2.45, 2.75) is 43.9 Å². The van der Waals surface area contributed by atoms with Crippen molar-refractivity contribution in [3.8, 4) is 0 Å². The molecule has 0 bridgehead atoms. The van der Waals surface area contributed by atoms with Crippen LogP contribution in [-0.4, -0.2) is 23.7 Å². The maximum atomic E-state index is 13.3. The number of hydrogen-bond acceptors (Lipinski definition) is 3. The van der Waals surface area contributed by atoms with Crippen LogP contribution in [0.15, 0.2) is 8.48 Å². The molecule has 0 radical (unpaired) electrons. The Morgan fingerprint density at radius 1 is 1.44 bits per heavy atom. The Balaban J connectivity index is 2.10. The molecule has 0 amide bonds. The van der Waals surface area contributed by atoms with E-state index in [1.165, 1.54) is 0 Å². The fraction of sp³-hybridized carbons (Fsp3) is 0.769. The highest BCUT2D eigenvalue weighted by Gasteiger charge is 2.41. The van der Waals surface area contributed by atoms with Crippen LogP contribution in [0.1, 0.15) is 32.6 Å². The highest BCUT2D eigenvalue weighted by molar-refractivity contribution is 14.1. The van der Waals surface area contributed by atoms with E-state index < -0.39 is 6.67 Å². The number of thioether (sulfide) groups is 1. The van der Waals surface area contributed by atoms with Crippen LogP contribution in [0.5, 0.6) is 0 Å². The van der Waals surface area contributed by atoms with Crippen LogP contribution in [0.2, 0.25) is 0 Å². The summed E-state index contributed by atoms with van der Waals surface area (Å²) < 4.78 is 14.3. The summed E-state index contributed by atoms with van der Waals surface area (Å²) in [6.07, 6.45) is 4.22. The van der Waals surface area contributed by atoms with Gasteiger partial charge in [0.05, 0.1) is 9.59 Å². The summed E-state index contributed by atoms with van der Waals surface area (Å²) in [5.41, 5.74) is 6.64. The van der Waals surface area contributed by atoms with Crippen molar-refractivity contribution in [1.29, 1.82) is 0 Å². The zero-order valence-electron chi connectivity index (χ0n) is 10.5. The first-order valence-corrected chi connectivity index (χ1v) is 8.39. The smallest absolute Gasteiger partial charge is 0.157 e. The van der Waals surface area contributed by atoms with E-state index in [0.717, 1.165) is 34.2 Å². The Bertz CT molecular complexity index is 366. The van der Waals surface area contributed by atoms with E-state index in [0.29, 0.717) is 12.0 Å². The molecule has 1 fully saturated rings. The Morgan fingerprint density at radius 2 is 2.06 bits per heavy atom. The molecular formula is C13H19FINOS. The first-order valence-electron chi connectivity index (χ1n) is 6.43. The Hall–Kier alpha value is 0.380. The second-order valence-corrected chi connectivity index (χ2v) is 8.26. The molecule has 2 nitrogen and oxygen atoms in total. The number of rotatable bonds is 3. The number of ketones is 1. The number of allylic oxidation sites excluding steroid dienone is 1. The molecule has 1 unspecified atom stereocenters. The van der Waals surface area contributed by atoms with Gasteiger partial charge in [-0.25, -0.2) is 0 Å². The second-order valence-electron chi connectivity index (χ2n) is 5.26. The molecule has 2 atom stereocenters. The predicted molar refractivity (Wildman–Crippen MR) is 82.5 cm³/mol. The molecule has 0 saturated heterocycles. The lowest BCUT2D eigenvalue weighted by Gasteiger charge is -2.32. The molecule has 1 heterocycles. The van der Waals surface area contributed by atoms with E-state index in [1.54, 1.807) is 18.7 Å². The van der Waals surface area contributed by atoms with Crippen LogP contribution in [0.4, 0.5) is 4.39 Å². The van der Waals surface area contributed by atoms with Gasteiger partial charge in [0.25, 0.3) is 0 Å². The molecule has 2 rings (SSSR count). The third-order valence-corrected chi connectivity index (χ3v) is 6.80. The van der Waals surface area contributed by atoms with Crippen molar-refractivity contribution in [2.75, 3.05) is 6.67 Å². The highest BCUT2D eigenvalue weighted by Crippen LogP contribution is 2.51. The van der Waals surface area contributed by atoms with E-state index in [9.17, 15) is 9.18 Å². The summed E-state index contributed by atoms with van der Waals surface area (Å²) in [6.45, 7) is 1.14. The van der Waals surface area contributed by atoms with Gasteiger partial charge in [-0.15, -0.1) is 11.8 Å². The van der Waals surface area contributed by atoms with Gasteiger partial charge in [-0.05, 0) is 61.1 Å². The molecule has 1 aliphatic heterocycles. The number of carbonyl (C=O) groups is 1. The van der Waals surface area contributed by atoms with Gasteiger partial charge in [0.1, 0.15) is 0 Å².